The zero-order chi connectivity index (χ0) is 6.24. The Bertz CT molecular complexity index is 36.0. The summed E-state index contributed by atoms with van der Waals surface area (Å²) in [6.07, 6.45) is 1.09. The fourth-order valence-corrected chi connectivity index (χ4v) is 0.389. The molecule has 0 saturated heterocycles. The number of hydrogen-bond donors (Lipinski definition) is 0. The van der Waals surface area contributed by atoms with Crippen LogP contribution in [0.3, 0.4) is 0 Å². The second kappa shape index (κ2) is 11.6. The van der Waals surface area contributed by atoms with Crippen LogP contribution in [-0.4, -0.2) is 26.9 Å². The molecule has 0 heterocycles. The van der Waals surface area contributed by atoms with E-state index in [2.05, 4.69) is 6.92 Å². The number of methoxy groups -OCH3 is 1. The van der Waals surface area contributed by atoms with Gasteiger partial charge in [0, 0.05) is 39.9 Å². The van der Waals surface area contributed by atoms with Crippen LogP contribution in [0.15, 0.2) is 0 Å². The van der Waals surface area contributed by atoms with Crippen molar-refractivity contribution in [2.45, 2.75) is 13.3 Å². The Morgan fingerprint density at radius 3 is 2.22 bits per heavy atom. The second-order valence-corrected chi connectivity index (χ2v) is 1.61. The normalized spacial score (nSPS) is 8.67. The molecule has 0 spiro atoms. The smallest absolute Gasteiger partial charge is 0.0700 e. The summed E-state index contributed by atoms with van der Waals surface area (Å²) in [5.74, 6) is 0. The summed E-state index contributed by atoms with van der Waals surface area (Å²) in [4.78, 5) is 0. The van der Waals surface area contributed by atoms with Crippen LogP contribution in [0.2, 0.25) is 0 Å². The summed E-state index contributed by atoms with van der Waals surface area (Å²) in [7, 11) is 1.68. The molecular formula is C6H14O2Zr. The fraction of sp³-hybridized carbons (Fsp3) is 1.00. The summed E-state index contributed by atoms with van der Waals surface area (Å²) in [6.45, 7) is 4.38. The Kier molecular flexibility index (Phi) is 16.1. The van der Waals surface area contributed by atoms with Crippen LogP contribution in [0.1, 0.15) is 13.3 Å². The Hall–Kier alpha value is 0.803. The molecule has 0 aromatic heterocycles. The molecule has 54 valence electrons. The van der Waals surface area contributed by atoms with Crippen molar-refractivity contribution < 1.29 is 35.7 Å². The number of hydrogen-bond acceptors (Lipinski definition) is 2. The Morgan fingerprint density at radius 2 is 1.78 bits per heavy atom. The molecular weight excluding hydrogens is 195 g/mol. The second-order valence-electron chi connectivity index (χ2n) is 1.61. The largest absolute Gasteiger partial charge is 0.382 e. The maximum Gasteiger partial charge on any atom is 0.0700 e. The molecule has 0 unspecified atom stereocenters. The molecule has 2 nitrogen and oxygen atoms in total. The van der Waals surface area contributed by atoms with Gasteiger partial charge in [0.05, 0.1) is 13.2 Å². The van der Waals surface area contributed by atoms with Gasteiger partial charge in [0.1, 0.15) is 0 Å². The molecule has 0 aliphatic rings. The predicted octanol–water partition coefficient (Wildman–Crippen LogP) is 1.06. The van der Waals surface area contributed by atoms with Gasteiger partial charge in [0.25, 0.3) is 0 Å². The van der Waals surface area contributed by atoms with Crippen LogP contribution in [0.4, 0.5) is 0 Å². The molecule has 0 aliphatic carbocycles. The molecule has 0 aliphatic heterocycles. The van der Waals surface area contributed by atoms with Crippen molar-refractivity contribution in [3.8, 4) is 0 Å². The quantitative estimate of drug-likeness (QED) is 0.630. The van der Waals surface area contributed by atoms with E-state index in [0.717, 1.165) is 19.6 Å². The van der Waals surface area contributed by atoms with Crippen LogP contribution in [0, 0.1) is 0 Å². The van der Waals surface area contributed by atoms with Crippen molar-refractivity contribution in [3.63, 3.8) is 0 Å². The van der Waals surface area contributed by atoms with Crippen LogP contribution >= 0.6 is 0 Å². The molecule has 0 aromatic rings. The molecule has 0 atom stereocenters. The van der Waals surface area contributed by atoms with Gasteiger partial charge in [-0.15, -0.1) is 0 Å². The van der Waals surface area contributed by atoms with Gasteiger partial charge in [0.2, 0.25) is 0 Å². The van der Waals surface area contributed by atoms with E-state index < -0.39 is 0 Å². The van der Waals surface area contributed by atoms with Gasteiger partial charge in [0.15, 0.2) is 0 Å². The van der Waals surface area contributed by atoms with Crippen LogP contribution in [-0.2, 0) is 35.7 Å². The summed E-state index contributed by atoms with van der Waals surface area (Å²) >= 11 is 0. The van der Waals surface area contributed by atoms with Gasteiger partial charge in [-0.1, -0.05) is 6.92 Å². The summed E-state index contributed by atoms with van der Waals surface area (Å²) in [5.41, 5.74) is 0. The van der Waals surface area contributed by atoms with Gasteiger partial charge in [-0.3, -0.25) is 0 Å². The Labute approximate surface area is 76.0 Å². The molecule has 3 heteroatoms. The van der Waals surface area contributed by atoms with Gasteiger partial charge < -0.3 is 9.47 Å². The molecule has 0 radical (unpaired) electrons. The van der Waals surface area contributed by atoms with Crippen molar-refractivity contribution in [3.05, 3.63) is 0 Å². The Morgan fingerprint density at radius 1 is 1.11 bits per heavy atom. The molecule has 0 fully saturated rings. The molecule has 0 bridgehead atoms. The minimum atomic E-state index is 0. The van der Waals surface area contributed by atoms with Crippen LogP contribution in [0.5, 0.6) is 0 Å². The van der Waals surface area contributed by atoms with Gasteiger partial charge in [-0.2, -0.15) is 0 Å². The zero-order valence-electron chi connectivity index (χ0n) is 6.14. The maximum atomic E-state index is 5.10. The van der Waals surface area contributed by atoms with Gasteiger partial charge in [-0.25, -0.2) is 0 Å². The fourth-order valence-electron chi connectivity index (χ4n) is 0.389. The van der Waals surface area contributed by atoms with Gasteiger partial charge >= 0.3 is 0 Å². The number of ether oxygens (including phenoxy) is 2. The molecule has 0 N–H and O–H groups in total. The molecule has 0 rings (SSSR count). The van der Waals surface area contributed by atoms with Crippen LogP contribution in [0.25, 0.3) is 0 Å². The van der Waals surface area contributed by atoms with Crippen molar-refractivity contribution in [1.29, 1.82) is 0 Å². The first-order valence-electron chi connectivity index (χ1n) is 2.98. The first-order chi connectivity index (χ1) is 3.91. The van der Waals surface area contributed by atoms with E-state index in [1.54, 1.807) is 7.11 Å². The SMILES string of the molecule is CCCOCCOC.[Zr]. The van der Waals surface area contributed by atoms with E-state index in [9.17, 15) is 0 Å². The minimum Gasteiger partial charge on any atom is -0.382 e. The van der Waals surface area contributed by atoms with Gasteiger partial charge in [-0.05, 0) is 6.42 Å². The first kappa shape index (κ1) is 12.5. The predicted molar refractivity (Wildman–Crippen MR) is 33.0 cm³/mol. The van der Waals surface area contributed by atoms with E-state index in [-0.39, 0.29) is 26.2 Å². The maximum absolute atomic E-state index is 5.10. The average molecular weight is 209 g/mol. The topological polar surface area (TPSA) is 18.5 Å². The first-order valence-corrected chi connectivity index (χ1v) is 2.98. The van der Waals surface area contributed by atoms with Crippen LogP contribution < -0.4 is 0 Å². The van der Waals surface area contributed by atoms with Crippen molar-refractivity contribution in [2.75, 3.05) is 26.9 Å². The third-order valence-corrected chi connectivity index (χ3v) is 0.780. The van der Waals surface area contributed by atoms with Crippen molar-refractivity contribution in [2.24, 2.45) is 0 Å². The zero-order valence-corrected chi connectivity index (χ0v) is 8.60. The molecule has 0 aromatic carbocycles. The van der Waals surface area contributed by atoms with Crippen molar-refractivity contribution >= 4 is 0 Å². The molecule has 9 heavy (non-hydrogen) atoms. The van der Waals surface area contributed by atoms with E-state index in [4.69, 9.17) is 9.47 Å². The molecule has 0 amide bonds. The number of rotatable bonds is 5. The van der Waals surface area contributed by atoms with E-state index in [1.807, 2.05) is 0 Å². The standard InChI is InChI=1S/C6H14O2.Zr/c1-3-4-8-6-5-7-2;/h3-6H2,1-2H3;. The van der Waals surface area contributed by atoms with E-state index >= 15 is 0 Å². The summed E-state index contributed by atoms with van der Waals surface area (Å²) in [6, 6.07) is 0. The monoisotopic (exact) mass is 208 g/mol. The third kappa shape index (κ3) is 12.1. The molecule has 0 saturated carbocycles. The van der Waals surface area contributed by atoms with E-state index in [0.29, 0.717) is 6.61 Å². The average Bonchev–Trinajstić information content (AvgIpc) is 1.81. The summed E-state index contributed by atoms with van der Waals surface area (Å²) < 4.78 is 9.86. The third-order valence-electron chi connectivity index (χ3n) is 0.780. The van der Waals surface area contributed by atoms with Crippen molar-refractivity contribution in [1.82, 2.24) is 0 Å². The minimum absolute atomic E-state index is 0. The van der Waals surface area contributed by atoms with E-state index in [1.165, 1.54) is 0 Å². The Balaban J connectivity index is 0. The summed E-state index contributed by atoms with van der Waals surface area (Å²) in [5, 5.41) is 0.